The summed E-state index contributed by atoms with van der Waals surface area (Å²) in [6.07, 6.45) is 3.01. The summed E-state index contributed by atoms with van der Waals surface area (Å²) in [6, 6.07) is 5.95. The molecule has 2 aromatic heterocycles. The molecule has 0 aliphatic carbocycles. The number of aliphatic carboxylic acids is 1. The highest BCUT2D eigenvalue weighted by atomic mass is 19.1. The van der Waals surface area contributed by atoms with E-state index in [1.54, 1.807) is 32.2 Å². The number of benzene rings is 1. The van der Waals surface area contributed by atoms with E-state index >= 15 is 0 Å². The molecule has 0 spiro atoms. The van der Waals surface area contributed by atoms with Gasteiger partial charge in [0.2, 0.25) is 5.89 Å². The summed E-state index contributed by atoms with van der Waals surface area (Å²) >= 11 is 0. The Bertz CT molecular complexity index is 885. The van der Waals surface area contributed by atoms with Crippen LogP contribution in [0.3, 0.4) is 0 Å². The van der Waals surface area contributed by atoms with Crippen molar-refractivity contribution >= 4 is 5.97 Å². The van der Waals surface area contributed by atoms with Crippen LogP contribution in [0.5, 0.6) is 0 Å². The Morgan fingerprint density at radius 1 is 1.42 bits per heavy atom. The van der Waals surface area contributed by atoms with Gasteiger partial charge in [0.05, 0.1) is 18.4 Å². The molecule has 0 unspecified atom stereocenters. The Labute approximate surface area is 136 Å². The van der Waals surface area contributed by atoms with Crippen molar-refractivity contribution in [2.45, 2.75) is 25.8 Å². The maximum Gasteiger partial charge on any atom is 0.315 e. The number of hydrogen-bond donors (Lipinski definition) is 1. The van der Waals surface area contributed by atoms with Gasteiger partial charge in [0.1, 0.15) is 23.2 Å². The molecule has 0 amide bonds. The first-order chi connectivity index (χ1) is 11.4. The van der Waals surface area contributed by atoms with E-state index in [1.807, 2.05) is 0 Å². The summed E-state index contributed by atoms with van der Waals surface area (Å²) in [6.45, 7) is 3.38. The standard InChI is InChI=1S/C16H15FN4O3/c1-16(2,15(22)23)13-8-21(20-19-13)7-12-9-24-14(18-12)10-4-3-5-11(17)6-10/h3-6,8-9H,7H2,1-2H3,(H,22,23). The van der Waals surface area contributed by atoms with Gasteiger partial charge < -0.3 is 9.52 Å². The van der Waals surface area contributed by atoms with Crippen molar-refractivity contribution in [3.8, 4) is 11.5 Å². The molecule has 0 radical (unpaired) electrons. The third-order valence-electron chi connectivity index (χ3n) is 3.66. The molecule has 3 rings (SSSR count). The Morgan fingerprint density at radius 2 is 2.21 bits per heavy atom. The fourth-order valence-electron chi connectivity index (χ4n) is 2.07. The zero-order chi connectivity index (χ0) is 17.3. The van der Waals surface area contributed by atoms with Crippen molar-refractivity contribution in [2.75, 3.05) is 0 Å². The number of carbonyl (C=O) groups is 1. The van der Waals surface area contributed by atoms with Gasteiger partial charge in [0, 0.05) is 5.56 Å². The monoisotopic (exact) mass is 330 g/mol. The van der Waals surface area contributed by atoms with Crippen molar-refractivity contribution < 1.29 is 18.7 Å². The van der Waals surface area contributed by atoms with Crippen LogP contribution in [-0.4, -0.2) is 31.1 Å². The zero-order valence-electron chi connectivity index (χ0n) is 13.1. The van der Waals surface area contributed by atoms with Crippen LogP contribution < -0.4 is 0 Å². The lowest BCUT2D eigenvalue weighted by atomic mass is 9.90. The lowest BCUT2D eigenvalue weighted by Gasteiger charge is -2.14. The molecule has 2 heterocycles. The molecule has 1 N–H and O–H groups in total. The number of carboxylic acids is 1. The zero-order valence-corrected chi connectivity index (χ0v) is 13.1. The second-order valence-electron chi connectivity index (χ2n) is 5.89. The summed E-state index contributed by atoms with van der Waals surface area (Å²) in [4.78, 5) is 15.5. The fourth-order valence-corrected chi connectivity index (χ4v) is 2.07. The van der Waals surface area contributed by atoms with Crippen LogP contribution in [0.2, 0.25) is 0 Å². The van der Waals surface area contributed by atoms with Gasteiger partial charge >= 0.3 is 5.97 Å². The molecule has 0 aliphatic rings. The number of carboxylic acid groups (broad SMARTS) is 1. The van der Waals surface area contributed by atoms with Crippen molar-refractivity contribution in [3.63, 3.8) is 0 Å². The summed E-state index contributed by atoms with van der Waals surface area (Å²) in [5.74, 6) is -1.05. The molecular formula is C16H15FN4O3. The normalized spacial score (nSPS) is 11.6. The van der Waals surface area contributed by atoms with Gasteiger partial charge in [-0.2, -0.15) is 0 Å². The van der Waals surface area contributed by atoms with Gasteiger partial charge in [-0.3, -0.25) is 4.79 Å². The van der Waals surface area contributed by atoms with Gasteiger partial charge in [0.25, 0.3) is 0 Å². The highest BCUT2D eigenvalue weighted by Gasteiger charge is 2.32. The van der Waals surface area contributed by atoms with Crippen LogP contribution in [0.25, 0.3) is 11.5 Å². The van der Waals surface area contributed by atoms with E-state index in [2.05, 4.69) is 15.3 Å². The molecule has 0 saturated heterocycles. The number of hydrogen-bond acceptors (Lipinski definition) is 5. The maximum absolute atomic E-state index is 13.2. The Morgan fingerprint density at radius 3 is 2.92 bits per heavy atom. The van der Waals surface area contributed by atoms with E-state index in [-0.39, 0.29) is 12.4 Å². The van der Waals surface area contributed by atoms with E-state index in [9.17, 15) is 14.3 Å². The molecule has 1 aromatic carbocycles. The molecule has 0 atom stereocenters. The number of nitrogens with zero attached hydrogens (tertiary/aromatic N) is 4. The Kier molecular flexibility index (Phi) is 3.88. The molecule has 0 saturated carbocycles. The summed E-state index contributed by atoms with van der Waals surface area (Å²) in [7, 11) is 0. The lowest BCUT2D eigenvalue weighted by Crippen LogP contribution is -2.28. The van der Waals surface area contributed by atoms with E-state index in [1.165, 1.54) is 23.1 Å². The minimum atomic E-state index is -1.13. The first kappa shape index (κ1) is 15.9. The molecule has 24 heavy (non-hydrogen) atoms. The van der Waals surface area contributed by atoms with Crippen LogP contribution >= 0.6 is 0 Å². The van der Waals surface area contributed by atoms with Gasteiger partial charge in [0.15, 0.2) is 0 Å². The third-order valence-corrected chi connectivity index (χ3v) is 3.66. The second-order valence-corrected chi connectivity index (χ2v) is 5.89. The second kappa shape index (κ2) is 5.88. The van der Waals surface area contributed by atoms with E-state index in [0.717, 1.165) is 0 Å². The number of aromatic nitrogens is 4. The molecule has 0 aliphatic heterocycles. The quantitative estimate of drug-likeness (QED) is 0.772. The van der Waals surface area contributed by atoms with Crippen LogP contribution in [0, 0.1) is 5.82 Å². The van der Waals surface area contributed by atoms with Crippen LogP contribution in [-0.2, 0) is 16.8 Å². The summed E-state index contributed by atoms with van der Waals surface area (Å²) < 4.78 is 20.1. The summed E-state index contributed by atoms with van der Waals surface area (Å²) in [5.41, 5.74) is 0.324. The molecule has 3 aromatic rings. The fraction of sp³-hybridized carbons (Fsp3) is 0.250. The van der Waals surface area contributed by atoms with Crippen molar-refractivity contribution in [1.29, 1.82) is 0 Å². The van der Waals surface area contributed by atoms with E-state index in [4.69, 9.17) is 4.42 Å². The van der Waals surface area contributed by atoms with Gasteiger partial charge in [-0.1, -0.05) is 11.3 Å². The molecule has 124 valence electrons. The molecule has 7 nitrogen and oxygen atoms in total. The average molecular weight is 330 g/mol. The first-order valence-corrected chi connectivity index (χ1v) is 7.20. The number of rotatable bonds is 5. The van der Waals surface area contributed by atoms with Crippen LogP contribution in [0.4, 0.5) is 4.39 Å². The van der Waals surface area contributed by atoms with Crippen LogP contribution in [0.15, 0.2) is 41.1 Å². The van der Waals surface area contributed by atoms with Crippen molar-refractivity contribution in [2.24, 2.45) is 0 Å². The topological polar surface area (TPSA) is 94.0 Å². The summed E-state index contributed by atoms with van der Waals surface area (Å²) in [5, 5.41) is 17.0. The third kappa shape index (κ3) is 3.03. The van der Waals surface area contributed by atoms with Gasteiger partial charge in [-0.25, -0.2) is 14.1 Å². The Balaban J connectivity index is 1.79. The number of halogens is 1. The molecule has 0 bridgehead atoms. The predicted molar refractivity (Wildman–Crippen MR) is 81.7 cm³/mol. The highest BCUT2D eigenvalue weighted by Crippen LogP contribution is 2.22. The highest BCUT2D eigenvalue weighted by molar-refractivity contribution is 5.79. The minimum absolute atomic E-state index is 0.265. The van der Waals surface area contributed by atoms with Gasteiger partial charge in [-0.05, 0) is 32.0 Å². The van der Waals surface area contributed by atoms with Crippen molar-refractivity contribution in [1.82, 2.24) is 20.0 Å². The lowest BCUT2D eigenvalue weighted by molar-refractivity contribution is -0.142. The predicted octanol–water partition coefficient (Wildman–Crippen LogP) is 2.48. The van der Waals surface area contributed by atoms with Gasteiger partial charge in [-0.15, -0.1) is 5.10 Å². The minimum Gasteiger partial charge on any atom is -0.481 e. The smallest absolute Gasteiger partial charge is 0.315 e. The number of oxazole rings is 1. The van der Waals surface area contributed by atoms with E-state index in [0.29, 0.717) is 22.8 Å². The SMILES string of the molecule is CC(C)(C(=O)O)c1cn(Cc2coc(-c3cccc(F)c3)n2)nn1. The molecule has 8 heteroatoms. The average Bonchev–Trinajstić information content (AvgIpc) is 3.17. The van der Waals surface area contributed by atoms with E-state index < -0.39 is 11.4 Å². The molecular weight excluding hydrogens is 315 g/mol. The van der Waals surface area contributed by atoms with Crippen LogP contribution in [0.1, 0.15) is 25.2 Å². The van der Waals surface area contributed by atoms with Crippen molar-refractivity contribution in [3.05, 3.63) is 53.9 Å². The first-order valence-electron chi connectivity index (χ1n) is 7.20. The maximum atomic E-state index is 13.2. The Hall–Kier alpha value is -3.03. The largest absolute Gasteiger partial charge is 0.481 e. The molecule has 0 fully saturated rings.